The number of hydrogen-bond acceptors (Lipinski definition) is 7. The van der Waals surface area contributed by atoms with Gasteiger partial charge in [-0.1, -0.05) is 6.42 Å². The zero-order chi connectivity index (χ0) is 22.5. The number of carbonyl (C=O) groups is 1. The first-order valence-electron chi connectivity index (χ1n) is 12.3. The molecule has 182 valence electrons. The number of alkyl halides is 2. The Morgan fingerprint density at radius 2 is 1.94 bits per heavy atom. The molecule has 32 heavy (non-hydrogen) atoms. The number of rotatable bonds is 6. The summed E-state index contributed by atoms with van der Waals surface area (Å²) in [5.41, 5.74) is 4.40. The first-order valence-corrected chi connectivity index (χ1v) is 12.3. The Morgan fingerprint density at radius 1 is 1.16 bits per heavy atom. The topological polar surface area (TPSA) is 89.7 Å². The van der Waals surface area contributed by atoms with Crippen molar-refractivity contribution >= 4 is 5.91 Å². The molecule has 0 radical (unpaired) electrons. The fourth-order valence-corrected chi connectivity index (χ4v) is 6.20. The third-order valence-corrected chi connectivity index (χ3v) is 8.38. The Labute approximate surface area is 188 Å². The summed E-state index contributed by atoms with van der Waals surface area (Å²) in [4.78, 5) is 14.7. The van der Waals surface area contributed by atoms with E-state index in [9.17, 15) is 4.79 Å². The van der Waals surface area contributed by atoms with Gasteiger partial charge in [0.15, 0.2) is 0 Å². The maximum absolute atomic E-state index is 15.8. The Morgan fingerprint density at radius 3 is 2.56 bits per heavy atom. The normalized spacial score (nSPS) is 40.6. The van der Waals surface area contributed by atoms with Gasteiger partial charge in [-0.15, -0.1) is 0 Å². The summed E-state index contributed by atoms with van der Waals surface area (Å²) in [5.74, 6) is -2.49. The molecule has 3 heterocycles. The largest absolute Gasteiger partial charge is 0.380 e. The summed E-state index contributed by atoms with van der Waals surface area (Å²) in [6, 6.07) is 0.00524. The van der Waals surface area contributed by atoms with Crippen LogP contribution < -0.4 is 26.8 Å². The monoisotopic (exact) mass is 456 g/mol. The maximum Gasteiger partial charge on any atom is 0.287 e. The van der Waals surface area contributed by atoms with Gasteiger partial charge in [-0.25, -0.2) is 19.6 Å². The van der Waals surface area contributed by atoms with Crippen molar-refractivity contribution in [2.45, 2.75) is 88.2 Å². The molecule has 0 aromatic carbocycles. The quantitative estimate of drug-likeness (QED) is 0.402. The van der Waals surface area contributed by atoms with E-state index in [1.165, 1.54) is 12.8 Å². The van der Waals surface area contributed by atoms with Crippen LogP contribution in [-0.2, 0) is 9.53 Å². The zero-order valence-corrected chi connectivity index (χ0v) is 19.1. The lowest BCUT2D eigenvalue weighted by Gasteiger charge is -2.55. The van der Waals surface area contributed by atoms with Crippen molar-refractivity contribution in [1.29, 1.82) is 0 Å². The molecule has 10 heteroatoms. The third kappa shape index (κ3) is 4.07. The van der Waals surface area contributed by atoms with Gasteiger partial charge in [0, 0.05) is 12.1 Å². The molecule has 2 aliphatic carbocycles. The zero-order valence-electron chi connectivity index (χ0n) is 19.1. The van der Waals surface area contributed by atoms with Crippen LogP contribution in [0.3, 0.4) is 0 Å². The molecule has 5 N–H and O–H groups in total. The van der Waals surface area contributed by atoms with E-state index in [-0.39, 0.29) is 49.3 Å². The van der Waals surface area contributed by atoms with Gasteiger partial charge in [-0.3, -0.25) is 20.3 Å². The highest BCUT2D eigenvalue weighted by atomic mass is 19.3. The highest BCUT2D eigenvalue weighted by molar-refractivity contribution is 5.82. The van der Waals surface area contributed by atoms with Crippen LogP contribution in [0.15, 0.2) is 0 Å². The summed E-state index contributed by atoms with van der Waals surface area (Å²) in [5, 5.41) is 10.2. The van der Waals surface area contributed by atoms with Crippen molar-refractivity contribution in [3.8, 4) is 0 Å². The number of hydrazine groups is 1. The van der Waals surface area contributed by atoms with E-state index in [1.807, 2.05) is 0 Å². The maximum atomic E-state index is 15.8. The molecular formula is C22H38F2N6O2. The number of ether oxygens (including phenoxy) is 1. The molecule has 3 aliphatic heterocycles. The standard InChI is InChI=1S/C22H38F2N6O2/c1-13-8-17(28-18(26-13)14-6-7-14)19(31)27-16-5-3-4-15(9-16)21(10-32-11-21)22(23,24)20-29-25-12-30(20)2/h13-18,20,25-26,28-29H,3-12H2,1-2H3,(H,27,31). The summed E-state index contributed by atoms with van der Waals surface area (Å²) in [6.45, 7) is 2.66. The van der Waals surface area contributed by atoms with Crippen LogP contribution in [0.1, 0.15) is 51.9 Å². The Balaban J connectivity index is 1.23. The number of nitrogens with one attached hydrogen (secondary N) is 5. The van der Waals surface area contributed by atoms with Gasteiger partial charge < -0.3 is 10.1 Å². The minimum atomic E-state index is -2.94. The fraction of sp³-hybridized carbons (Fsp3) is 0.955. The van der Waals surface area contributed by atoms with Crippen LogP contribution in [-0.4, -0.2) is 74.1 Å². The van der Waals surface area contributed by atoms with Gasteiger partial charge in [-0.05, 0) is 64.3 Å². The van der Waals surface area contributed by atoms with Crippen molar-refractivity contribution in [2.24, 2.45) is 17.3 Å². The lowest BCUT2D eigenvalue weighted by Crippen LogP contribution is -2.69. The second-order valence-electron chi connectivity index (χ2n) is 10.8. The number of hydrogen-bond donors (Lipinski definition) is 5. The Hall–Kier alpha value is -0.910. The van der Waals surface area contributed by atoms with E-state index >= 15 is 8.78 Å². The summed E-state index contributed by atoms with van der Waals surface area (Å²) in [7, 11) is 1.70. The molecule has 2 saturated carbocycles. The minimum absolute atomic E-state index is 0.0155. The Kier molecular flexibility index (Phi) is 6.22. The highest BCUT2D eigenvalue weighted by Crippen LogP contribution is 2.55. The summed E-state index contributed by atoms with van der Waals surface area (Å²) in [6.07, 6.45) is 5.33. The van der Waals surface area contributed by atoms with Crippen LogP contribution in [0.2, 0.25) is 0 Å². The van der Waals surface area contributed by atoms with Crippen LogP contribution in [0.5, 0.6) is 0 Å². The number of halogens is 2. The van der Waals surface area contributed by atoms with Gasteiger partial charge in [0.25, 0.3) is 5.92 Å². The molecule has 6 atom stereocenters. The molecule has 5 fully saturated rings. The molecule has 3 saturated heterocycles. The van der Waals surface area contributed by atoms with Crippen molar-refractivity contribution in [2.75, 3.05) is 26.9 Å². The van der Waals surface area contributed by atoms with Crippen molar-refractivity contribution < 1.29 is 18.3 Å². The van der Waals surface area contributed by atoms with E-state index in [0.29, 0.717) is 19.0 Å². The lowest BCUT2D eigenvalue weighted by atomic mass is 9.62. The molecule has 6 unspecified atom stereocenters. The Bertz CT molecular complexity index is 704. The molecule has 5 rings (SSSR count). The molecule has 0 spiro atoms. The second-order valence-corrected chi connectivity index (χ2v) is 10.8. The minimum Gasteiger partial charge on any atom is -0.380 e. The molecule has 0 aromatic heterocycles. The average molecular weight is 457 g/mol. The van der Waals surface area contributed by atoms with Gasteiger partial charge >= 0.3 is 0 Å². The molecular weight excluding hydrogens is 418 g/mol. The van der Waals surface area contributed by atoms with Gasteiger partial charge in [0.2, 0.25) is 5.91 Å². The number of amides is 1. The van der Waals surface area contributed by atoms with E-state index in [0.717, 1.165) is 25.7 Å². The molecule has 8 nitrogen and oxygen atoms in total. The fourth-order valence-electron chi connectivity index (χ4n) is 6.20. The SMILES string of the molecule is CC1CC(C(=O)NC2CCCC(C3(C(F)(F)C4NNCN4C)COC3)C2)NC(C2CC2)N1. The van der Waals surface area contributed by atoms with E-state index in [4.69, 9.17) is 4.74 Å². The molecule has 0 aromatic rings. The highest BCUT2D eigenvalue weighted by Gasteiger charge is 2.67. The van der Waals surface area contributed by atoms with E-state index in [2.05, 4.69) is 33.7 Å². The van der Waals surface area contributed by atoms with Gasteiger partial charge in [0.05, 0.1) is 37.5 Å². The van der Waals surface area contributed by atoms with Crippen molar-refractivity contribution in [1.82, 2.24) is 31.7 Å². The van der Waals surface area contributed by atoms with Crippen LogP contribution in [0, 0.1) is 17.3 Å². The molecule has 1 amide bonds. The summed E-state index contributed by atoms with van der Waals surface area (Å²) >= 11 is 0. The molecule has 5 aliphatic rings. The smallest absolute Gasteiger partial charge is 0.287 e. The predicted octanol–water partition coefficient (Wildman–Crippen LogP) is 0.713. The number of nitrogens with zero attached hydrogens (tertiary/aromatic N) is 1. The second kappa shape index (κ2) is 8.70. The first kappa shape index (κ1) is 22.9. The van der Waals surface area contributed by atoms with E-state index < -0.39 is 17.5 Å². The van der Waals surface area contributed by atoms with Crippen molar-refractivity contribution in [3.63, 3.8) is 0 Å². The van der Waals surface area contributed by atoms with Gasteiger partial charge in [0.1, 0.15) is 6.17 Å². The lowest BCUT2D eigenvalue weighted by molar-refractivity contribution is -0.291. The average Bonchev–Trinajstić information content (AvgIpc) is 3.47. The first-order chi connectivity index (χ1) is 15.3. The number of carbonyl (C=O) groups excluding carboxylic acids is 1. The van der Waals surface area contributed by atoms with Gasteiger partial charge in [-0.2, -0.15) is 0 Å². The molecule has 0 bridgehead atoms. The van der Waals surface area contributed by atoms with Crippen molar-refractivity contribution in [3.05, 3.63) is 0 Å². The van der Waals surface area contributed by atoms with Crippen LogP contribution in [0.25, 0.3) is 0 Å². The summed E-state index contributed by atoms with van der Waals surface area (Å²) < 4.78 is 37.0. The predicted molar refractivity (Wildman–Crippen MR) is 115 cm³/mol. The third-order valence-electron chi connectivity index (χ3n) is 8.38. The van der Waals surface area contributed by atoms with Crippen LogP contribution >= 0.6 is 0 Å². The van der Waals surface area contributed by atoms with E-state index in [1.54, 1.807) is 11.9 Å². The van der Waals surface area contributed by atoms with Crippen LogP contribution in [0.4, 0.5) is 8.78 Å².